The van der Waals surface area contributed by atoms with Crippen LogP contribution < -0.4 is 0 Å². The quantitative estimate of drug-likeness (QED) is 0.792. The molecule has 1 aliphatic heterocycles. The van der Waals surface area contributed by atoms with E-state index >= 15 is 0 Å². The minimum atomic E-state index is 0.529. The smallest absolute Gasteiger partial charge is 0.153 e. The van der Waals surface area contributed by atoms with E-state index in [4.69, 9.17) is 9.97 Å². The molecule has 0 radical (unpaired) electrons. The van der Waals surface area contributed by atoms with Crippen molar-refractivity contribution >= 4 is 10.9 Å². The van der Waals surface area contributed by atoms with Crippen LogP contribution in [0.2, 0.25) is 0 Å². The van der Waals surface area contributed by atoms with E-state index in [1.807, 2.05) is 0 Å². The number of H-pyrrole nitrogens is 1. The predicted octanol–water partition coefficient (Wildman–Crippen LogP) is 3.61. The molecule has 1 saturated carbocycles. The Labute approximate surface area is 147 Å². The Morgan fingerprint density at radius 3 is 2.60 bits per heavy atom. The molecule has 0 bridgehead atoms. The maximum Gasteiger partial charge on any atom is 0.153 e. The average Bonchev–Trinajstić information content (AvgIpc) is 3.39. The van der Waals surface area contributed by atoms with Crippen LogP contribution in [0.5, 0.6) is 0 Å². The van der Waals surface area contributed by atoms with Crippen molar-refractivity contribution < 1.29 is 0 Å². The molecule has 0 spiro atoms. The first kappa shape index (κ1) is 15.0. The van der Waals surface area contributed by atoms with E-state index in [2.05, 4.69) is 51.5 Å². The molecule has 0 atom stereocenters. The van der Waals surface area contributed by atoms with Crippen LogP contribution in [0, 0.1) is 0 Å². The maximum atomic E-state index is 4.81. The molecule has 3 heterocycles. The number of benzene rings is 1. The highest BCUT2D eigenvalue weighted by Crippen LogP contribution is 2.38. The topological polar surface area (TPSA) is 57.7 Å². The summed E-state index contributed by atoms with van der Waals surface area (Å²) in [5, 5.41) is 8.81. The van der Waals surface area contributed by atoms with E-state index in [9.17, 15) is 0 Å². The number of nitrogens with zero attached hydrogens (tertiary/aromatic N) is 4. The first-order valence-electron chi connectivity index (χ1n) is 9.34. The fourth-order valence-electron chi connectivity index (χ4n) is 3.78. The lowest BCUT2D eigenvalue weighted by Crippen LogP contribution is -2.33. The number of pyridine rings is 1. The Bertz CT molecular complexity index is 874. The van der Waals surface area contributed by atoms with Gasteiger partial charge in [-0.1, -0.05) is 24.3 Å². The van der Waals surface area contributed by atoms with Crippen molar-refractivity contribution in [3.8, 4) is 0 Å². The second-order valence-electron chi connectivity index (χ2n) is 7.40. The molecule has 3 aromatic rings. The summed E-state index contributed by atoms with van der Waals surface area (Å²) in [7, 11) is 0. The lowest BCUT2D eigenvalue weighted by Gasteiger charge is -2.30. The number of fused-ring (bicyclic) bond motifs is 1. The van der Waals surface area contributed by atoms with Crippen molar-refractivity contribution in [2.24, 2.45) is 0 Å². The van der Waals surface area contributed by atoms with Crippen LogP contribution in [0.4, 0.5) is 0 Å². The fraction of sp³-hybridized carbons (Fsp3) is 0.450. The number of hydrogen-bond acceptors (Lipinski definition) is 4. The number of aromatic amines is 1. The molecule has 0 amide bonds. The molecule has 1 aliphatic carbocycles. The second kappa shape index (κ2) is 6.23. The minimum Gasteiger partial charge on any atom is -0.297 e. The third-order valence-corrected chi connectivity index (χ3v) is 5.48. The number of piperidine rings is 1. The molecule has 2 fully saturated rings. The SMILES string of the molecule is c1ccc2nc(CN3CCC(c4nc(C5CC5)n[nH]4)CC3)ccc2c1. The van der Waals surface area contributed by atoms with Gasteiger partial charge in [0.15, 0.2) is 5.82 Å². The van der Waals surface area contributed by atoms with Gasteiger partial charge in [0.2, 0.25) is 0 Å². The molecule has 5 nitrogen and oxygen atoms in total. The zero-order valence-corrected chi connectivity index (χ0v) is 14.4. The third kappa shape index (κ3) is 3.16. The molecule has 1 N–H and O–H groups in total. The molecule has 25 heavy (non-hydrogen) atoms. The summed E-state index contributed by atoms with van der Waals surface area (Å²) >= 11 is 0. The summed E-state index contributed by atoms with van der Waals surface area (Å²) in [5.41, 5.74) is 2.25. The Morgan fingerprint density at radius 1 is 0.920 bits per heavy atom. The van der Waals surface area contributed by atoms with E-state index in [0.717, 1.165) is 55.3 Å². The summed E-state index contributed by atoms with van der Waals surface area (Å²) in [5.74, 6) is 3.30. The van der Waals surface area contributed by atoms with Gasteiger partial charge in [-0.15, -0.1) is 0 Å². The van der Waals surface area contributed by atoms with Gasteiger partial charge in [0.25, 0.3) is 0 Å². The maximum absolute atomic E-state index is 4.81. The van der Waals surface area contributed by atoms with Gasteiger partial charge in [0.05, 0.1) is 11.2 Å². The zero-order valence-electron chi connectivity index (χ0n) is 14.4. The van der Waals surface area contributed by atoms with Crippen LogP contribution in [0.25, 0.3) is 10.9 Å². The van der Waals surface area contributed by atoms with Gasteiger partial charge in [0, 0.05) is 23.8 Å². The Hall–Kier alpha value is -2.27. The van der Waals surface area contributed by atoms with Crippen LogP contribution in [0.1, 0.15) is 54.9 Å². The first-order valence-corrected chi connectivity index (χ1v) is 9.34. The predicted molar refractivity (Wildman–Crippen MR) is 97.4 cm³/mol. The summed E-state index contributed by atoms with van der Waals surface area (Å²) in [6, 6.07) is 12.7. The molecule has 1 aromatic carbocycles. The van der Waals surface area contributed by atoms with E-state index in [0.29, 0.717) is 11.8 Å². The van der Waals surface area contributed by atoms with E-state index in [1.165, 1.54) is 18.2 Å². The number of hydrogen-bond donors (Lipinski definition) is 1. The molecule has 2 aliphatic rings. The lowest BCUT2D eigenvalue weighted by molar-refractivity contribution is 0.200. The molecule has 128 valence electrons. The number of para-hydroxylation sites is 1. The van der Waals surface area contributed by atoms with Crippen molar-refractivity contribution in [3.05, 3.63) is 53.7 Å². The molecule has 2 aromatic heterocycles. The van der Waals surface area contributed by atoms with Gasteiger partial charge in [-0.25, -0.2) is 4.98 Å². The van der Waals surface area contributed by atoms with Crippen LogP contribution in [-0.2, 0) is 6.54 Å². The number of nitrogens with one attached hydrogen (secondary N) is 1. The summed E-state index contributed by atoms with van der Waals surface area (Å²) < 4.78 is 0. The largest absolute Gasteiger partial charge is 0.297 e. The van der Waals surface area contributed by atoms with Gasteiger partial charge >= 0.3 is 0 Å². The van der Waals surface area contributed by atoms with Crippen molar-refractivity contribution in [2.75, 3.05) is 13.1 Å². The van der Waals surface area contributed by atoms with Gasteiger partial charge in [-0.2, -0.15) is 5.10 Å². The summed E-state index contributed by atoms with van der Waals surface area (Å²) in [4.78, 5) is 12.1. The Kier molecular flexibility index (Phi) is 3.74. The standard InChI is InChI=1S/C20H23N5/c1-2-4-18-14(3-1)7-8-17(21-18)13-25-11-9-16(10-12-25)20-22-19(23-24-20)15-5-6-15/h1-4,7-8,15-16H,5-6,9-13H2,(H,22,23,24). The molecule has 0 unspecified atom stereocenters. The Balaban J connectivity index is 1.21. The van der Waals surface area contributed by atoms with Crippen molar-refractivity contribution in [2.45, 2.75) is 44.1 Å². The van der Waals surface area contributed by atoms with Gasteiger partial charge < -0.3 is 0 Å². The highest BCUT2D eigenvalue weighted by Gasteiger charge is 2.30. The summed E-state index contributed by atoms with van der Waals surface area (Å²) in [6.07, 6.45) is 4.81. The average molecular weight is 333 g/mol. The molecular weight excluding hydrogens is 310 g/mol. The second-order valence-corrected chi connectivity index (χ2v) is 7.40. The zero-order chi connectivity index (χ0) is 16.6. The third-order valence-electron chi connectivity index (χ3n) is 5.48. The highest BCUT2D eigenvalue weighted by molar-refractivity contribution is 5.78. The van der Waals surface area contributed by atoms with Gasteiger partial charge in [-0.3, -0.25) is 15.0 Å². The van der Waals surface area contributed by atoms with Gasteiger partial charge in [0.1, 0.15) is 5.82 Å². The lowest BCUT2D eigenvalue weighted by atomic mass is 9.96. The Morgan fingerprint density at radius 2 is 1.76 bits per heavy atom. The van der Waals surface area contributed by atoms with Crippen molar-refractivity contribution in [3.63, 3.8) is 0 Å². The molecule has 5 heteroatoms. The van der Waals surface area contributed by atoms with Crippen LogP contribution in [-0.4, -0.2) is 38.2 Å². The number of aromatic nitrogens is 4. The molecule has 1 saturated heterocycles. The van der Waals surface area contributed by atoms with E-state index < -0.39 is 0 Å². The van der Waals surface area contributed by atoms with Crippen LogP contribution in [0.15, 0.2) is 36.4 Å². The highest BCUT2D eigenvalue weighted by atomic mass is 15.2. The van der Waals surface area contributed by atoms with Crippen molar-refractivity contribution in [1.29, 1.82) is 0 Å². The van der Waals surface area contributed by atoms with Crippen LogP contribution in [0.3, 0.4) is 0 Å². The molecular formula is C20H23N5. The monoisotopic (exact) mass is 333 g/mol. The first-order chi connectivity index (χ1) is 12.3. The van der Waals surface area contributed by atoms with E-state index in [-0.39, 0.29) is 0 Å². The summed E-state index contributed by atoms with van der Waals surface area (Å²) in [6.45, 7) is 3.12. The number of likely N-dealkylation sites (tertiary alicyclic amines) is 1. The molecule has 5 rings (SSSR count). The van der Waals surface area contributed by atoms with Gasteiger partial charge in [-0.05, 0) is 50.9 Å². The van der Waals surface area contributed by atoms with Crippen LogP contribution >= 0.6 is 0 Å². The normalized spacial score (nSPS) is 19.5. The van der Waals surface area contributed by atoms with E-state index in [1.54, 1.807) is 0 Å². The fourth-order valence-corrected chi connectivity index (χ4v) is 3.78. The minimum absolute atomic E-state index is 0.529. The number of rotatable bonds is 4. The van der Waals surface area contributed by atoms with Crippen molar-refractivity contribution in [1.82, 2.24) is 25.1 Å².